The smallest absolute Gasteiger partial charge is 0.294 e. The number of hydrogen-bond donors (Lipinski definition) is 4. The second-order valence-electron chi connectivity index (χ2n) is 10.6. The number of carbonyl (C=O) groups is 2. The van der Waals surface area contributed by atoms with Crippen molar-refractivity contribution in [3.63, 3.8) is 0 Å². The van der Waals surface area contributed by atoms with Gasteiger partial charge in [0.05, 0.1) is 26.4 Å². The second-order valence-corrected chi connectivity index (χ2v) is 14.7. The van der Waals surface area contributed by atoms with Crippen LogP contribution in [0.1, 0.15) is 36.2 Å². The lowest BCUT2D eigenvalue weighted by atomic mass is 10.2. The van der Waals surface area contributed by atoms with Crippen LogP contribution in [0, 0.1) is 11.3 Å². The predicted molar refractivity (Wildman–Crippen MR) is 191 cm³/mol. The Hall–Kier alpha value is -4.61. The molecule has 0 saturated heterocycles. The Labute approximate surface area is 307 Å². The molecule has 268 valence electrons. The largest absolute Gasteiger partial charge is 0.372 e. The molecule has 0 spiro atoms. The quantitative estimate of drug-likeness (QED) is 0.0822. The Morgan fingerprint density at radius 3 is 2.27 bits per heavy atom. The van der Waals surface area contributed by atoms with E-state index in [4.69, 9.17) is 39.4 Å². The van der Waals surface area contributed by atoms with Gasteiger partial charge in [0.15, 0.2) is 11.0 Å². The van der Waals surface area contributed by atoms with Crippen LogP contribution in [0.5, 0.6) is 0 Å². The van der Waals surface area contributed by atoms with Crippen molar-refractivity contribution in [1.29, 1.82) is 5.26 Å². The number of halogens is 3. The van der Waals surface area contributed by atoms with Gasteiger partial charge < -0.3 is 15.5 Å². The molecule has 4 aromatic rings. The number of benzene rings is 3. The molecule has 0 atom stereocenters. The first-order valence-electron chi connectivity index (χ1n) is 14.5. The topological polar surface area (TPSA) is 237 Å². The standard InChI is InChI=1S/C30H27Cl3N8O8S2/c1-3-40(10-5-11-50(44,45)46)20-8-9-25(26(15-20)35-17(2)42)37-38-29-22(16-34)28(33)39-41(29)27-23(31)13-19(14-24(27)32)36-30(43)18-6-4-7-21(12-18)51(47,48)49/h4,6-9,12-15H,3,5,10-11H2,1-2H3,(H,35,42)(H,36,43)(H,44,45,46)(H,47,48,49). The van der Waals surface area contributed by atoms with Crippen LogP contribution in [0.4, 0.5) is 28.6 Å². The molecule has 0 saturated carbocycles. The molecule has 2 amide bonds. The van der Waals surface area contributed by atoms with Gasteiger partial charge in [0.25, 0.3) is 26.1 Å². The fourth-order valence-corrected chi connectivity index (χ4v) is 6.55. The summed E-state index contributed by atoms with van der Waals surface area (Å²) in [6.07, 6.45) is 0.147. The predicted octanol–water partition coefficient (Wildman–Crippen LogP) is 6.68. The highest BCUT2D eigenvalue weighted by Gasteiger charge is 2.23. The maximum absolute atomic E-state index is 12.9. The molecule has 1 aromatic heterocycles. The fraction of sp³-hybridized carbons (Fsp3) is 0.200. The Bertz CT molecular complexity index is 2290. The summed E-state index contributed by atoms with van der Waals surface area (Å²) >= 11 is 19.4. The van der Waals surface area contributed by atoms with E-state index in [-0.39, 0.29) is 67.9 Å². The van der Waals surface area contributed by atoms with Crippen molar-refractivity contribution in [3.05, 3.63) is 80.9 Å². The number of nitriles is 1. The number of aromatic nitrogens is 2. The first kappa shape index (κ1) is 39.2. The van der Waals surface area contributed by atoms with Gasteiger partial charge in [-0.1, -0.05) is 40.9 Å². The maximum atomic E-state index is 12.9. The number of carbonyl (C=O) groups excluding carboxylic acids is 2. The summed E-state index contributed by atoms with van der Waals surface area (Å²) < 4.78 is 64.8. The highest BCUT2D eigenvalue weighted by Crippen LogP contribution is 2.39. The molecule has 16 nitrogen and oxygen atoms in total. The molecule has 0 radical (unpaired) electrons. The number of rotatable bonds is 13. The molecule has 0 unspecified atom stereocenters. The van der Waals surface area contributed by atoms with Crippen molar-refractivity contribution in [2.24, 2.45) is 10.2 Å². The van der Waals surface area contributed by atoms with E-state index in [2.05, 4.69) is 26.0 Å². The molecular weight excluding hydrogens is 771 g/mol. The summed E-state index contributed by atoms with van der Waals surface area (Å²) in [4.78, 5) is 26.3. The zero-order valence-corrected chi connectivity index (χ0v) is 30.4. The van der Waals surface area contributed by atoms with Crippen molar-refractivity contribution in [2.45, 2.75) is 25.2 Å². The van der Waals surface area contributed by atoms with Crippen molar-refractivity contribution in [3.8, 4) is 11.8 Å². The molecule has 0 aliphatic carbocycles. The van der Waals surface area contributed by atoms with Gasteiger partial charge in [-0.3, -0.25) is 18.7 Å². The normalized spacial score (nSPS) is 11.7. The van der Waals surface area contributed by atoms with E-state index in [1.54, 1.807) is 12.1 Å². The van der Waals surface area contributed by atoms with E-state index in [1.807, 2.05) is 17.9 Å². The van der Waals surface area contributed by atoms with Crippen LogP contribution >= 0.6 is 34.8 Å². The highest BCUT2D eigenvalue weighted by atomic mass is 35.5. The number of hydrogen-bond acceptors (Lipinski definition) is 11. The van der Waals surface area contributed by atoms with E-state index in [1.165, 1.54) is 37.3 Å². The minimum Gasteiger partial charge on any atom is -0.372 e. The molecule has 4 rings (SSSR count). The molecule has 3 aromatic carbocycles. The van der Waals surface area contributed by atoms with Gasteiger partial charge in [0, 0.05) is 37.0 Å². The minimum atomic E-state index is -4.56. The van der Waals surface area contributed by atoms with E-state index < -0.39 is 42.7 Å². The molecular formula is C30H27Cl3N8O8S2. The second kappa shape index (κ2) is 16.2. The molecule has 0 aliphatic heterocycles. The third-order valence-corrected chi connectivity index (χ3v) is 9.43. The third-order valence-electron chi connectivity index (χ3n) is 6.93. The summed E-state index contributed by atoms with van der Waals surface area (Å²) in [5.41, 5.74) is 0.804. The van der Waals surface area contributed by atoms with Crippen LogP contribution in [0.25, 0.3) is 5.69 Å². The number of azo groups is 1. The monoisotopic (exact) mass is 796 g/mol. The van der Waals surface area contributed by atoms with E-state index in [9.17, 15) is 36.2 Å². The summed E-state index contributed by atoms with van der Waals surface area (Å²) in [6.45, 7) is 3.88. The average molecular weight is 798 g/mol. The lowest BCUT2D eigenvalue weighted by Gasteiger charge is -2.24. The molecule has 21 heteroatoms. The Morgan fingerprint density at radius 2 is 1.69 bits per heavy atom. The highest BCUT2D eigenvalue weighted by molar-refractivity contribution is 7.86. The molecule has 1 heterocycles. The van der Waals surface area contributed by atoms with Gasteiger partial charge in [-0.2, -0.15) is 27.2 Å². The van der Waals surface area contributed by atoms with E-state index in [0.29, 0.717) is 12.2 Å². The Morgan fingerprint density at radius 1 is 1.00 bits per heavy atom. The van der Waals surface area contributed by atoms with Gasteiger partial charge in [-0.25, -0.2) is 4.68 Å². The van der Waals surface area contributed by atoms with Crippen molar-refractivity contribution in [1.82, 2.24) is 9.78 Å². The van der Waals surface area contributed by atoms with Gasteiger partial charge in [0.1, 0.15) is 23.0 Å². The van der Waals surface area contributed by atoms with Gasteiger partial charge in [-0.05, 0) is 61.9 Å². The van der Waals surface area contributed by atoms with Gasteiger partial charge >= 0.3 is 0 Å². The number of nitrogens with zero attached hydrogens (tertiary/aromatic N) is 6. The first-order valence-corrected chi connectivity index (χ1v) is 18.7. The minimum absolute atomic E-state index is 0.00275. The number of anilines is 3. The zero-order chi connectivity index (χ0) is 37.7. The number of amides is 2. The lowest BCUT2D eigenvalue weighted by molar-refractivity contribution is -0.114. The van der Waals surface area contributed by atoms with Gasteiger partial charge in [-0.15, -0.1) is 10.2 Å². The van der Waals surface area contributed by atoms with Crippen LogP contribution in [0.2, 0.25) is 15.2 Å². The van der Waals surface area contributed by atoms with Crippen molar-refractivity contribution >= 4 is 95.4 Å². The lowest BCUT2D eigenvalue weighted by Crippen LogP contribution is -2.25. The summed E-state index contributed by atoms with van der Waals surface area (Å²) in [6, 6.07) is 14.0. The molecule has 0 fully saturated rings. The first-order chi connectivity index (χ1) is 23.9. The van der Waals surface area contributed by atoms with Crippen LogP contribution < -0.4 is 15.5 Å². The maximum Gasteiger partial charge on any atom is 0.294 e. The van der Waals surface area contributed by atoms with Gasteiger partial charge in [0.2, 0.25) is 5.91 Å². The SMILES string of the molecule is CCN(CCCS(=O)(=O)O)c1ccc(N=Nc2c(C#N)c(Cl)nn2-c2c(Cl)cc(NC(=O)c3cccc(S(=O)(=O)O)c3)cc2Cl)c(NC(C)=O)c1. The molecule has 0 bridgehead atoms. The van der Waals surface area contributed by atoms with Crippen LogP contribution in [-0.4, -0.2) is 66.4 Å². The van der Waals surface area contributed by atoms with E-state index >= 15 is 0 Å². The zero-order valence-electron chi connectivity index (χ0n) is 26.5. The molecule has 51 heavy (non-hydrogen) atoms. The Kier molecular flexibility index (Phi) is 12.4. The summed E-state index contributed by atoms with van der Waals surface area (Å²) in [5.74, 6) is -1.79. The summed E-state index contributed by atoms with van der Waals surface area (Å²) in [5, 5.41) is 27.2. The van der Waals surface area contributed by atoms with Crippen LogP contribution in [-0.2, 0) is 25.0 Å². The van der Waals surface area contributed by atoms with E-state index in [0.717, 1.165) is 16.8 Å². The average Bonchev–Trinajstić information content (AvgIpc) is 3.35. The van der Waals surface area contributed by atoms with Crippen LogP contribution in [0.3, 0.4) is 0 Å². The Balaban J connectivity index is 1.69. The fourth-order valence-electron chi connectivity index (χ4n) is 4.68. The molecule has 4 N–H and O–H groups in total. The third kappa shape index (κ3) is 10.0. The summed E-state index contributed by atoms with van der Waals surface area (Å²) in [7, 11) is -8.70. The van der Waals surface area contributed by atoms with Crippen LogP contribution in [0.15, 0.2) is 69.7 Å². The number of nitrogens with one attached hydrogen (secondary N) is 2. The molecule has 0 aliphatic rings. The van der Waals surface area contributed by atoms with Crippen molar-refractivity contribution < 1.29 is 35.5 Å². The van der Waals surface area contributed by atoms with Crippen molar-refractivity contribution in [2.75, 3.05) is 34.4 Å².